The van der Waals surface area contributed by atoms with Gasteiger partial charge in [-0.25, -0.2) is 4.79 Å². The Morgan fingerprint density at radius 1 is 1.38 bits per heavy atom. The zero-order valence-electron chi connectivity index (χ0n) is 3.57. The number of halogens is 3. The molecule has 45 valence electrons. The molecule has 0 aromatic carbocycles. The first kappa shape index (κ1) is 11.0. The van der Waals surface area contributed by atoms with Crippen molar-refractivity contribution in [3.05, 3.63) is 0 Å². The third-order valence-corrected chi connectivity index (χ3v) is 0.243. The summed E-state index contributed by atoms with van der Waals surface area (Å²) in [6.07, 6.45) is -5.08. The zero-order chi connectivity index (χ0) is 6.08. The molecule has 0 unspecified atom stereocenters. The summed E-state index contributed by atoms with van der Waals surface area (Å²) in [5, 5.41) is 7.12. The summed E-state index contributed by atoms with van der Waals surface area (Å²) in [7, 11) is 0. The molecule has 0 aliphatic rings. The van der Waals surface area contributed by atoms with Gasteiger partial charge in [-0.05, 0) is 0 Å². The summed E-state index contributed by atoms with van der Waals surface area (Å²) < 4.78 is 31.7. The number of carbonyl (C=O) groups is 1. The number of hydrogen-bond acceptors (Lipinski definition) is 1. The number of rotatable bonds is 0. The van der Waals surface area contributed by atoms with Gasteiger partial charge in [0.25, 0.3) is 0 Å². The van der Waals surface area contributed by atoms with Gasteiger partial charge in [-0.1, -0.05) is 0 Å². The normalized spacial score (nSPS) is 9.88. The molecule has 0 atom stereocenters. The predicted octanol–water partition coefficient (Wildman–Crippen LogP) is 0.253. The van der Waals surface area contributed by atoms with Crippen molar-refractivity contribution in [2.24, 2.45) is 0 Å². The minimum Gasteiger partial charge on any atom is -0.475 e. The standard InChI is InChI=1S/C2HF3O2.In/c3-2(4,5)1(6)7;/h(H,6,7);. The van der Waals surface area contributed by atoms with Crippen molar-refractivity contribution in [3.8, 4) is 0 Å². The molecule has 0 heterocycles. The Kier molecular flexibility index (Phi) is 4.42. The van der Waals surface area contributed by atoms with Gasteiger partial charge in [-0.3, -0.25) is 0 Å². The molecule has 6 heteroatoms. The van der Waals surface area contributed by atoms with E-state index in [9.17, 15) is 13.2 Å². The summed E-state index contributed by atoms with van der Waals surface area (Å²) in [6.45, 7) is 0. The SMILES string of the molecule is O=C(O)C(F)(F)F.[In]. The van der Waals surface area contributed by atoms with E-state index in [2.05, 4.69) is 0 Å². The quantitative estimate of drug-likeness (QED) is 0.646. The van der Waals surface area contributed by atoms with Crippen LogP contribution in [0.2, 0.25) is 0 Å². The maximum absolute atomic E-state index is 10.6. The fourth-order valence-electron chi connectivity index (χ4n) is 0. The van der Waals surface area contributed by atoms with Gasteiger partial charge in [-0.2, -0.15) is 13.2 Å². The third kappa shape index (κ3) is 4.29. The minimum atomic E-state index is -5.08. The third-order valence-electron chi connectivity index (χ3n) is 0.243. The first-order chi connectivity index (χ1) is 2.94. The molecule has 0 aliphatic carbocycles. The van der Waals surface area contributed by atoms with Crippen molar-refractivity contribution in [1.29, 1.82) is 0 Å². The fourth-order valence-corrected chi connectivity index (χ4v) is 0. The van der Waals surface area contributed by atoms with Crippen LogP contribution in [0.3, 0.4) is 0 Å². The summed E-state index contributed by atoms with van der Waals surface area (Å²) in [5.74, 6) is -2.76. The van der Waals surface area contributed by atoms with Gasteiger partial charge >= 0.3 is 12.1 Å². The molecule has 0 spiro atoms. The molecule has 0 aromatic rings. The molecule has 8 heavy (non-hydrogen) atoms. The molecule has 0 bridgehead atoms. The minimum absolute atomic E-state index is 0. The smallest absolute Gasteiger partial charge is 0.475 e. The predicted molar refractivity (Wildman–Crippen MR) is 19.4 cm³/mol. The van der Waals surface area contributed by atoms with Crippen molar-refractivity contribution in [2.75, 3.05) is 0 Å². The second kappa shape index (κ2) is 3.21. The van der Waals surface area contributed by atoms with E-state index in [0.29, 0.717) is 0 Å². The van der Waals surface area contributed by atoms with Crippen LogP contribution in [-0.4, -0.2) is 43.1 Å². The van der Waals surface area contributed by atoms with Gasteiger partial charge in [0.2, 0.25) is 0 Å². The van der Waals surface area contributed by atoms with Gasteiger partial charge in [0.1, 0.15) is 0 Å². The Morgan fingerprint density at radius 3 is 1.50 bits per heavy atom. The summed E-state index contributed by atoms with van der Waals surface area (Å²) in [5.41, 5.74) is 0. The van der Waals surface area contributed by atoms with Crippen molar-refractivity contribution in [1.82, 2.24) is 0 Å². The second-order valence-corrected chi connectivity index (χ2v) is 0.803. The van der Waals surface area contributed by atoms with Crippen LogP contribution in [0.25, 0.3) is 0 Å². The second-order valence-electron chi connectivity index (χ2n) is 0.803. The van der Waals surface area contributed by atoms with E-state index in [1.165, 1.54) is 0 Å². The first-order valence-electron chi connectivity index (χ1n) is 1.24. The topological polar surface area (TPSA) is 37.3 Å². The van der Waals surface area contributed by atoms with Crippen LogP contribution < -0.4 is 0 Å². The van der Waals surface area contributed by atoms with E-state index < -0.39 is 12.1 Å². The Labute approximate surface area is 61.5 Å². The van der Waals surface area contributed by atoms with Crippen LogP contribution >= 0.6 is 0 Å². The number of alkyl halides is 3. The van der Waals surface area contributed by atoms with E-state index in [4.69, 9.17) is 9.90 Å². The Morgan fingerprint density at radius 2 is 1.50 bits per heavy atom. The van der Waals surface area contributed by atoms with Crippen LogP contribution in [0.1, 0.15) is 0 Å². The molecule has 0 fully saturated rings. The molecule has 0 aliphatic heterocycles. The van der Waals surface area contributed by atoms with Crippen LogP contribution in [0, 0.1) is 0 Å². The molecule has 0 aromatic heterocycles. The average molecular weight is 229 g/mol. The summed E-state index contributed by atoms with van der Waals surface area (Å²) in [4.78, 5) is 8.90. The summed E-state index contributed by atoms with van der Waals surface area (Å²) >= 11 is 0. The monoisotopic (exact) mass is 229 g/mol. The average Bonchev–Trinajstić information content (AvgIpc) is 1.31. The number of carboxylic acids is 1. The van der Waals surface area contributed by atoms with E-state index in [1.807, 2.05) is 0 Å². The Bertz CT molecular complexity index is 87.8. The number of aliphatic carboxylic acids is 1. The largest absolute Gasteiger partial charge is 0.490 e. The van der Waals surface area contributed by atoms with Gasteiger partial charge in [0.15, 0.2) is 0 Å². The van der Waals surface area contributed by atoms with Crippen molar-refractivity contribution >= 4 is 31.8 Å². The van der Waals surface area contributed by atoms with E-state index in [-0.39, 0.29) is 25.8 Å². The fraction of sp³-hybridized carbons (Fsp3) is 0.500. The van der Waals surface area contributed by atoms with Gasteiger partial charge < -0.3 is 5.11 Å². The van der Waals surface area contributed by atoms with Crippen LogP contribution in [0.4, 0.5) is 13.2 Å². The molecule has 2 nitrogen and oxygen atoms in total. The molecule has 0 saturated heterocycles. The van der Waals surface area contributed by atoms with Gasteiger partial charge in [0.05, 0.1) is 0 Å². The van der Waals surface area contributed by atoms with Crippen LogP contribution in [0.15, 0.2) is 0 Å². The van der Waals surface area contributed by atoms with Crippen LogP contribution in [0.5, 0.6) is 0 Å². The maximum atomic E-state index is 10.6. The van der Waals surface area contributed by atoms with E-state index in [1.54, 1.807) is 0 Å². The zero-order valence-corrected chi connectivity index (χ0v) is 6.86. The molecule has 0 amide bonds. The van der Waals surface area contributed by atoms with Crippen LogP contribution in [-0.2, 0) is 4.79 Å². The van der Waals surface area contributed by atoms with E-state index >= 15 is 0 Å². The molecular weight excluding hydrogens is 228 g/mol. The number of hydrogen-bond donors (Lipinski definition) is 1. The van der Waals surface area contributed by atoms with Gasteiger partial charge in [0, 0.05) is 25.8 Å². The molecule has 1 N–H and O–H groups in total. The molecule has 3 radical (unpaired) electrons. The molecule has 0 saturated carbocycles. The number of carboxylic acid groups (broad SMARTS) is 1. The van der Waals surface area contributed by atoms with E-state index in [0.717, 1.165) is 0 Å². The van der Waals surface area contributed by atoms with Crippen molar-refractivity contribution in [3.63, 3.8) is 0 Å². The first-order valence-corrected chi connectivity index (χ1v) is 1.24. The maximum Gasteiger partial charge on any atom is 0.490 e. The van der Waals surface area contributed by atoms with Crippen molar-refractivity contribution < 1.29 is 23.1 Å². The summed E-state index contributed by atoms with van der Waals surface area (Å²) in [6, 6.07) is 0. The van der Waals surface area contributed by atoms with Crippen molar-refractivity contribution in [2.45, 2.75) is 6.18 Å². The van der Waals surface area contributed by atoms with Gasteiger partial charge in [-0.15, -0.1) is 0 Å². The Balaban J connectivity index is 0. The Hall–Kier alpha value is 0.130. The molecule has 0 rings (SSSR count). The molecular formula is C2HF3InO2.